The smallest absolute Gasteiger partial charge is 0.338 e. The molecule has 0 aliphatic carbocycles. The fraction of sp³-hybridized carbons (Fsp3) is 0.257. The quantitative estimate of drug-likeness (QED) is 0.118. The molecule has 0 saturated carbocycles. The van der Waals surface area contributed by atoms with E-state index in [1.54, 1.807) is 95.3 Å². The fourth-order valence-corrected chi connectivity index (χ4v) is 5.40. The molecule has 5 aromatic rings. The summed E-state index contributed by atoms with van der Waals surface area (Å²) in [5, 5.41) is 0. The maximum absolute atomic E-state index is 13.5. The molecular formula is C35H32N4O7S. The van der Waals surface area contributed by atoms with Gasteiger partial charge < -0.3 is 23.5 Å². The van der Waals surface area contributed by atoms with Crippen LogP contribution in [0.25, 0.3) is 11.2 Å². The third kappa shape index (κ3) is 6.69. The highest BCUT2D eigenvalue weighted by Gasteiger charge is 2.52. The largest absolute Gasteiger partial charge is 0.459 e. The number of carbonyl (C=O) groups is 3. The fourth-order valence-electron chi connectivity index (χ4n) is 5.21. The van der Waals surface area contributed by atoms with Gasteiger partial charge in [-0.3, -0.25) is 4.57 Å². The lowest BCUT2D eigenvalue weighted by Gasteiger charge is -2.25. The van der Waals surface area contributed by atoms with E-state index >= 15 is 0 Å². The number of esters is 3. The number of aromatic nitrogens is 4. The number of carbonyl (C=O) groups excluding carboxylic acids is 3. The minimum absolute atomic E-state index is 0.288. The maximum Gasteiger partial charge on any atom is 0.338 e. The van der Waals surface area contributed by atoms with Gasteiger partial charge in [0, 0.05) is 7.05 Å². The third-order valence-electron chi connectivity index (χ3n) is 7.93. The molecule has 6 rings (SSSR count). The molecule has 0 unspecified atom stereocenters. The topological polar surface area (TPSA) is 124 Å². The van der Waals surface area contributed by atoms with E-state index in [-0.39, 0.29) is 12.2 Å². The summed E-state index contributed by atoms with van der Waals surface area (Å²) in [5.41, 5.74) is 4.64. The predicted octanol–water partition coefficient (Wildman–Crippen LogP) is 5.63. The third-order valence-corrected chi connectivity index (χ3v) is 8.41. The minimum atomic E-state index is -1.21. The van der Waals surface area contributed by atoms with Crippen molar-refractivity contribution in [3.8, 4) is 0 Å². The number of hydrogen-bond donors (Lipinski definition) is 0. The highest BCUT2D eigenvalue weighted by Crippen LogP contribution is 2.37. The van der Waals surface area contributed by atoms with Gasteiger partial charge in [-0.25, -0.2) is 24.4 Å². The molecule has 2 aromatic heterocycles. The Morgan fingerprint density at radius 3 is 1.74 bits per heavy atom. The molecular weight excluding hydrogens is 620 g/mol. The number of imidazole rings is 1. The van der Waals surface area contributed by atoms with Gasteiger partial charge in [-0.05, 0) is 57.2 Å². The van der Waals surface area contributed by atoms with E-state index in [9.17, 15) is 14.4 Å². The van der Waals surface area contributed by atoms with Crippen molar-refractivity contribution in [1.82, 2.24) is 19.1 Å². The number of ether oxygens (including phenoxy) is 4. The van der Waals surface area contributed by atoms with E-state index in [2.05, 4.69) is 9.97 Å². The average molecular weight is 653 g/mol. The zero-order valence-electron chi connectivity index (χ0n) is 26.2. The van der Waals surface area contributed by atoms with Crippen LogP contribution in [0.2, 0.25) is 0 Å². The molecule has 4 atom stereocenters. The summed E-state index contributed by atoms with van der Waals surface area (Å²) in [6.07, 6.45) is -1.51. The zero-order chi connectivity index (χ0) is 33.2. The molecule has 11 nitrogen and oxygen atoms in total. The van der Waals surface area contributed by atoms with Crippen LogP contribution in [0.1, 0.15) is 54.0 Å². The van der Waals surface area contributed by atoms with Crippen molar-refractivity contribution in [2.75, 3.05) is 6.61 Å². The van der Waals surface area contributed by atoms with Crippen LogP contribution in [0.15, 0.2) is 85.5 Å². The van der Waals surface area contributed by atoms with Gasteiger partial charge in [0.15, 0.2) is 24.1 Å². The van der Waals surface area contributed by atoms with Gasteiger partial charge in [-0.15, -0.1) is 0 Å². The molecule has 47 heavy (non-hydrogen) atoms. The summed E-state index contributed by atoms with van der Waals surface area (Å²) < 4.78 is 27.9. The number of rotatable bonds is 8. The second-order valence-corrected chi connectivity index (χ2v) is 11.9. The van der Waals surface area contributed by atoms with Crippen molar-refractivity contribution in [2.24, 2.45) is 7.05 Å². The first-order chi connectivity index (χ1) is 22.6. The number of hydrogen-bond acceptors (Lipinski definition) is 10. The molecule has 240 valence electrons. The summed E-state index contributed by atoms with van der Waals surface area (Å²) in [7, 11) is 1.75. The molecule has 1 aliphatic heterocycles. The van der Waals surface area contributed by atoms with Crippen molar-refractivity contribution >= 4 is 41.3 Å². The van der Waals surface area contributed by atoms with Gasteiger partial charge in [0.2, 0.25) is 0 Å². The number of aryl methyl sites for hydroxylation is 4. The zero-order valence-corrected chi connectivity index (χ0v) is 27.0. The molecule has 12 heteroatoms. The van der Waals surface area contributed by atoms with E-state index in [4.69, 9.17) is 31.2 Å². The lowest BCUT2D eigenvalue weighted by Crippen LogP contribution is -2.41. The molecule has 1 saturated heterocycles. The van der Waals surface area contributed by atoms with E-state index in [1.807, 2.05) is 20.8 Å². The van der Waals surface area contributed by atoms with Gasteiger partial charge in [0.25, 0.3) is 0 Å². The first-order valence-electron chi connectivity index (χ1n) is 14.9. The van der Waals surface area contributed by atoms with Crippen molar-refractivity contribution in [1.29, 1.82) is 0 Å². The van der Waals surface area contributed by atoms with Crippen LogP contribution >= 0.6 is 12.2 Å². The first kappa shape index (κ1) is 31.8. The maximum atomic E-state index is 13.5. The summed E-state index contributed by atoms with van der Waals surface area (Å²) in [4.78, 5) is 49.0. The van der Waals surface area contributed by atoms with Crippen molar-refractivity contribution in [2.45, 2.75) is 45.3 Å². The van der Waals surface area contributed by atoms with Crippen molar-refractivity contribution in [3.05, 3.63) is 123 Å². The Labute approximate surface area is 275 Å². The van der Waals surface area contributed by atoms with E-state index in [1.165, 1.54) is 6.33 Å². The van der Waals surface area contributed by atoms with Crippen LogP contribution in [0.3, 0.4) is 0 Å². The molecule has 0 amide bonds. The summed E-state index contributed by atoms with van der Waals surface area (Å²) in [6.45, 7) is 5.41. The Morgan fingerprint density at radius 1 is 0.723 bits per heavy atom. The second kappa shape index (κ2) is 13.3. The molecule has 0 bridgehead atoms. The summed E-state index contributed by atoms with van der Waals surface area (Å²) >= 11 is 5.54. The Balaban J connectivity index is 1.38. The molecule has 3 aromatic carbocycles. The SMILES string of the molecule is Cc1ccc(C(=O)OC[C@@H]2O[C@H](n3cnc4c(=S)n(C)cnc43)[C@H](OC(=O)c3ccc(C)cc3)[C@@H]2OC(=O)c2ccc(C)cc2)cc1. The van der Waals surface area contributed by atoms with Gasteiger partial charge in [0.05, 0.1) is 29.3 Å². The van der Waals surface area contributed by atoms with E-state index in [0.717, 1.165) is 16.7 Å². The van der Waals surface area contributed by atoms with Crippen LogP contribution in [0.5, 0.6) is 0 Å². The molecule has 1 fully saturated rings. The summed E-state index contributed by atoms with van der Waals surface area (Å²) in [5.74, 6) is -1.92. The highest BCUT2D eigenvalue weighted by atomic mass is 32.1. The van der Waals surface area contributed by atoms with Crippen LogP contribution in [0.4, 0.5) is 0 Å². The average Bonchev–Trinajstić information content (AvgIpc) is 3.64. The Hall–Kier alpha value is -5.20. The van der Waals surface area contributed by atoms with Crippen LogP contribution in [-0.2, 0) is 26.0 Å². The number of fused-ring (bicyclic) bond motifs is 1. The van der Waals surface area contributed by atoms with Gasteiger partial charge >= 0.3 is 17.9 Å². The van der Waals surface area contributed by atoms with Crippen molar-refractivity contribution < 1.29 is 33.3 Å². The van der Waals surface area contributed by atoms with Crippen LogP contribution < -0.4 is 0 Å². The highest BCUT2D eigenvalue weighted by molar-refractivity contribution is 7.71. The monoisotopic (exact) mass is 652 g/mol. The van der Waals surface area contributed by atoms with E-state index < -0.39 is 42.4 Å². The Bertz CT molecular complexity index is 2000. The van der Waals surface area contributed by atoms with Gasteiger partial charge in [0.1, 0.15) is 22.9 Å². The summed E-state index contributed by atoms with van der Waals surface area (Å²) in [6, 6.07) is 20.7. The van der Waals surface area contributed by atoms with Gasteiger partial charge in [-0.1, -0.05) is 65.3 Å². The molecule has 1 aliphatic rings. The minimum Gasteiger partial charge on any atom is -0.459 e. The van der Waals surface area contributed by atoms with Gasteiger partial charge in [-0.2, -0.15) is 0 Å². The van der Waals surface area contributed by atoms with Crippen LogP contribution in [-0.4, -0.2) is 61.9 Å². The molecule has 0 spiro atoms. The lowest BCUT2D eigenvalue weighted by molar-refractivity contribution is -0.0606. The lowest BCUT2D eigenvalue weighted by atomic mass is 10.1. The molecule has 0 radical (unpaired) electrons. The number of benzene rings is 3. The van der Waals surface area contributed by atoms with Crippen LogP contribution in [0, 0.1) is 25.4 Å². The molecule has 3 heterocycles. The Kier molecular flexibility index (Phi) is 8.97. The number of nitrogens with zero attached hydrogens (tertiary/aromatic N) is 4. The Morgan fingerprint density at radius 2 is 1.21 bits per heavy atom. The standard InChI is InChI=1S/C35H32N4O7S/c1-20-5-11-23(12-6-20)33(40)43-17-26-28(45-34(41)24-13-7-21(2)8-14-24)29(46-35(42)25-15-9-22(3)10-16-25)31(44-26)39-19-36-27-30(39)37-18-38(4)32(27)47/h5-16,18-19,26,28-29,31H,17H2,1-4H3/t26-,28+,29+,31-/m0/s1. The molecule has 0 N–H and O–H groups in total. The second-order valence-electron chi connectivity index (χ2n) is 11.5. The normalized spacial score (nSPS) is 19.0. The predicted molar refractivity (Wildman–Crippen MR) is 173 cm³/mol. The van der Waals surface area contributed by atoms with E-state index in [0.29, 0.717) is 26.9 Å². The van der Waals surface area contributed by atoms with Crippen molar-refractivity contribution in [3.63, 3.8) is 0 Å². The first-order valence-corrected chi connectivity index (χ1v) is 15.3.